The fourth-order valence-corrected chi connectivity index (χ4v) is 4.34. The number of halogens is 1. The first-order chi connectivity index (χ1) is 8.39. The van der Waals surface area contributed by atoms with Crippen molar-refractivity contribution in [2.24, 2.45) is 0 Å². The van der Waals surface area contributed by atoms with Crippen molar-refractivity contribution in [2.45, 2.75) is 11.8 Å². The van der Waals surface area contributed by atoms with Crippen LogP contribution >= 0.6 is 15.9 Å². The van der Waals surface area contributed by atoms with Gasteiger partial charge in [0, 0.05) is 30.7 Å². The Morgan fingerprint density at radius 1 is 1.11 bits per heavy atom. The Kier molecular flexibility index (Phi) is 4.11. The molecule has 18 heavy (non-hydrogen) atoms. The Labute approximate surface area is 117 Å². The fourth-order valence-electron chi connectivity index (χ4n) is 2.03. The molecule has 0 aliphatic carbocycles. The Balaban J connectivity index is 2.30. The average molecular weight is 333 g/mol. The first kappa shape index (κ1) is 14.0. The highest BCUT2D eigenvalue weighted by Crippen LogP contribution is 2.22. The highest BCUT2D eigenvalue weighted by molar-refractivity contribution is 9.10. The van der Waals surface area contributed by atoms with Crippen LogP contribution in [0, 0.1) is 6.92 Å². The molecule has 4 nitrogen and oxygen atoms in total. The number of nitrogens with zero attached hydrogens (tertiary/aromatic N) is 2. The summed E-state index contributed by atoms with van der Waals surface area (Å²) < 4.78 is 27.3. The number of rotatable bonds is 2. The summed E-state index contributed by atoms with van der Waals surface area (Å²) in [5.41, 5.74) is 0.942. The second-order valence-electron chi connectivity index (χ2n) is 4.67. The summed E-state index contributed by atoms with van der Waals surface area (Å²) in [6, 6.07) is 5.29. The van der Waals surface area contributed by atoms with Gasteiger partial charge in [0.2, 0.25) is 10.0 Å². The van der Waals surface area contributed by atoms with Crippen LogP contribution in [0.15, 0.2) is 27.6 Å². The Morgan fingerprint density at radius 3 is 2.28 bits per heavy atom. The molecule has 0 N–H and O–H groups in total. The molecule has 1 aliphatic heterocycles. The van der Waals surface area contributed by atoms with E-state index in [1.165, 1.54) is 0 Å². The Hall–Kier alpha value is -0.430. The third kappa shape index (κ3) is 2.93. The number of hydrogen-bond donors (Lipinski definition) is 0. The minimum Gasteiger partial charge on any atom is -0.304 e. The van der Waals surface area contributed by atoms with Crippen molar-refractivity contribution < 1.29 is 8.42 Å². The van der Waals surface area contributed by atoms with Gasteiger partial charge in [0.25, 0.3) is 0 Å². The number of sulfonamides is 1. The molecule has 1 fully saturated rings. The van der Waals surface area contributed by atoms with E-state index in [4.69, 9.17) is 0 Å². The van der Waals surface area contributed by atoms with Crippen LogP contribution < -0.4 is 0 Å². The summed E-state index contributed by atoms with van der Waals surface area (Å²) in [4.78, 5) is 2.51. The Morgan fingerprint density at radius 2 is 1.72 bits per heavy atom. The lowest BCUT2D eigenvalue weighted by Crippen LogP contribution is -2.47. The van der Waals surface area contributed by atoms with Crippen LogP contribution in [0.4, 0.5) is 0 Å². The molecule has 1 aliphatic rings. The summed E-state index contributed by atoms with van der Waals surface area (Å²) in [6.45, 7) is 4.58. The molecule has 0 atom stereocenters. The van der Waals surface area contributed by atoms with Gasteiger partial charge in [-0.1, -0.05) is 15.9 Å². The predicted molar refractivity (Wildman–Crippen MR) is 75.1 cm³/mol. The smallest absolute Gasteiger partial charge is 0.243 e. The number of aryl methyl sites for hydroxylation is 1. The summed E-state index contributed by atoms with van der Waals surface area (Å²) >= 11 is 3.35. The molecule has 2 rings (SSSR count). The molecule has 1 heterocycles. The maximum atomic E-state index is 12.5. The van der Waals surface area contributed by atoms with E-state index in [0.717, 1.165) is 23.1 Å². The van der Waals surface area contributed by atoms with Gasteiger partial charge in [0.1, 0.15) is 0 Å². The van der Waals surface area contributed by atoms with Crippen LogP contribution in [0.1, 0.15) is 5.56 Å². The van der Waals surface area contributed by atoms with E-state index in [2.05, 4.69) is 20.8 Å². The third-order valence-electron chi connectivity index (χ3n) is 3.12. The third-order valence-corrected chi connectivity index (χ3v) is 5.45. The number of benzene rings is 1. The molecule has 1 saturated heterocycles. The van der Waals surface area contributed by atoms with Crippen LogP contribution in [0.3, 0.4) is 0 Å². The maximum Gasteiger partial charge on any atom is 0.243 e. The van der Waals surface area contributed by atoms with Gasteiger partial charge in [-0.3, -0.25) is 0 Å². The minimum absolute atomic E-state index is 0.374. The summed E-state index contributed by atoms with van der Waals surface area (Å²) in [5.74, 6) is 0. The van der Waals surface area contributed by atoms with E-state index >= 15 is 0 Å². The average Bonchev–Trinajstić information content (AvgIpc) is 2.28. The zero-order valence-corrected chi connectivity index (χ0v) is 13.0. The first-order valence-electron chi connectivity index (χ1n) is 5.85. The molecule has 0 bridgehead atoms. The van der Waals surface area contributed by atoms with E-state index in [9.17, 15) is 8.42 Å². The zero-order valence-electron chi connectivity index (χ0n) is 10.6. The van der Waals surface area contributed by atoms with E-state index in [-0.39, 0.29) is 0 Å². The molecule has 0 aromatic heterocycles. The fraction of sp³-hybridized carbons (Fsp3) is 0.500. The molecule has 0 amide bonds. The van der Waals surface area contributed by atoms with Gasteiger partial charge in [-0.05, 0) is 37.7 Å². The molecule has 100 valence electrons. The van der Waals surface area contributed by atoms with Crippen LogP contribution in [0.25, 0.3) is 0 Å². The van der Waals surface area contributed by atoms with E-state index in [1.807, 2.05) is 20.0 Å². The van der Waals surface area contributed by atoms with Gasteiger partial charge in [0.05, 0.1) is 4.90 Å². The van der Waals surface area contributed by atoms with Gasteiger partial charge < -0.3 is 4.90 Å². The van der Waals surface area contributed by atoms with Crippen molar-refractivity contribution >= 4 is 26.0 Å². The van der Waals surface area contributed by atoms with E-state index in [0.29, 0.717) is 18.0 Å². The van der Waals surface area contributed by atoms with Crippen molar-refractivity contribution in [3.05, 3.63) is 28.2 Å². The number of hydrogen-bond acceptors (Lipinski definition) is 3. The van der Waals surface area contributed by atoms with Crippen LogP contribution in [-0.2, 0) is 10.0 Å². The maximum absolute atomic E-state index is 12.5. The van der Waals surface area contributed by atoms with Crippen LogP contribution in [-0.4, -0.2) is 50.8 Å². The van der Waals surface area contributed by atoms with Crippen LogP contribution in [0.2, 0.25) is 0 Å². The van der Waals surface area contributed by atoms with E-state index < -0.39 is 10.0 Å². The van der Waals surface area contributed by atoms with Crippen molar-refractivity contribution in [1.29, 1.82) is 0 Å². The van der Waals surface area contributed by atoms with Gasteiger partial charge in [-0.25, -0.2) is 8.42 Å². The topological polar surface area (TPSA) is 40.6 Å². The molecule has 0 spiro atoms. The number of piperazine rings is 1. The molecule has 1 aromatic rings. The van der Waals surface area contributed by atoms with Crippen molar-refractivity contribution in [3.8, 4) is 0 Å². The lowest BCUT2D eigenvalue weighted by atomic mass is 10.2. The SMILES string of the molecule is Cc1cc(Br)cc(S(=O)(=O)N2CCN(C)CC2)c1. The molecular weight excluding hydrogens is 316 g/mol. The van der Waals surface area contributed by atoms with Gasteiger partial charge in [-0.2, -0.15) is 4.31 Å². The highest BCUT2D eigenvalue weighted by atomic mass is 79.9. The number of likely N-dealkylation sites (N-methyl/N-ethyl adjacent to an activating group) is 1. The van der Waals surface area contributed by atoms with Crippen molar-refractivity contribution in [3.63, 3.8) is 0 Å². The Bertz CT molecular complexity index is 517. The summed E-state index contributed by atoms with van der Waals surface area (Å²) in [7, 11) is -1.35. The molecular formula is C12H17BrN2O2S. The molecule has 1 aromatic carbocycles. The minimum atomic E-state index is -3.35. The predicted octanol–water partition coefficient (Wildman–Crippen LogP) is 1.69. The van der Waals surface area contributed by atoms with Crippen LogP contribution in [0.5, 0.6) is 0 Å². The molecule has 6 heteroatoms. The normalized spacial score (nSPS) is 19.1. The largest absolute Gasteiger partial charge is 0.304 e. The van der Waals surface area contributed by atoms with E-state index in [1.54, 1.807) is 16.4 Å². The first-order valence-corrected chi connectivity index (χ1v) is 8.09. The monoisotopic (exact) mass is 332 g/mol. The molecule has 0 saturated carbocycles. The van der Waals surface area contributed by atoms with Gasteiger partial charge in [0.15, 0.2) is 0 Å². The lowest BCUT2D eigenvalue weighted by molar-refractivity contribution is 0.222. The lowest BCUT2D eigenvalue weighted by Gasteiger charge is -2.31. The van der Waals surface area contributed by atoms with Gasteiger partial charge >= 0.3 is 0 Å². The molecule has 0 radical (unpaired) electrons. The summed E-state index contributed by atoms with van der Waals surface area (Å²) in [5, 5.41) is 0. The summed E-state index contributed by atoms with van der Waals surface area (Å²) in [6.07, 6.45) is 0. The van der Waals surface area contributed by atoms with Crippen molar-refractivity contribution in [2.75, 3.05) is 33.2 Å². The standard InChI is InChI=1S/C12H17BrN2O2S/c1-10-7-11(13)9-12(8-10)18(16,17)15-5-3-14(2)4-6-15/h7-9H,3-6H2,1-2H3. The van der Waals surface area contributed by atoms with Crippen molar-refractivity contribution in [1.82, 2.24) is 9.21 Å². The highest BCUT2D eigenvalue weighted by Gasteiger charge is 2.27. The zero-order chi connectivity index (χ0) is 13.3. The second kappa shape index (κ2) is 5.28. The second-order valence-corrected chi connectivity index (χ2v) is 7.53. The quantitative estimate of drug-likeness (QED) is 0.827. The van der Waals surface area contributed by atoms with Gasteiger partial charge in [-0.15, -0.1) is 0 Å². The molecule has 0 unspecified atom stereocenters.